The molecule has 0 radical (unpaired) electrons. The Balaban J connectivity index is 2.12. The molecule has 2 unspecified atom stereocenters. The standard InChI is InChI=1S/C14H17FN2O3/c15-12-5-4-9(6-11(12)14(19)20)17-13(18)10-3-1-2-8(10)7-16/h4-6,8,10H,1-3,7,16H2,(H,17,18)(H,19,20). The predicted octanol–water partition coefficient (Wildman–Crippen LogP) is 1.84. The van der Waals surface area contributed by atoms with E-state index in [4.69, 9.17) is 10.8 Å². The molecule has 0 spiro atoms. The zero-order chi connectivity index (χ0) is 14.7. The second kappa shape index (κ2) is 6.00. The average Bonchev–Trinajstić information content (AvgIpc) is 2.89. The first kappa shape index (κ1) is 14.5. The van der Waals surface area contributed by atoms with Crippen LogP contribution in [0.5, 0.6) is 0 Å². The highest BCUT2D eigenvalue weighted by molar-refractivity contribution is 5.95. The summed E-state index contributed by atoms with van der Waals surface area (Å²) in [5.74, 6) is -2.36. The lowest BCUT2D eigenvalue weighted by molar-refractivity contribution is -0.120. The summed E-state index contributed by atoms with van der Waals surface area (Å²) in [6.07, 6.45) is 2.67. The van der Waals surface area contributed by atoms with Gasteiger partial charge in [-0.15, -0.1) is 0 Å². The van der Waals surface area contributed by atoms with Gasteiger partial charge in [-0.1, -0.05) is 6.42 Å². The van der Waals surface area contributed by atoms with Gasteiger partial charge in [-0.25, -0.2) is 9.18 Å². The molecule has 1 amide bonds. The molecule has 0 heterocycles. The molecule has 1 aromatic rings. The lowest BCUT2D eigenvalue weighted by atomic mass is 9.95. The SMILES string of the molecule is NCC1CCCC1C(=O)Nc1ccc(F)c(C(=O)O)c1. The van der Waals surface area contributed by atoms with Crippen LogP contribution in [0.15, 0.2) is 18.2 Å². The first-order valence-electron chi connectivity index (χ1n) is 6.56. The van der Waals surface area contributed by atoms with E-state index in [0.717, 1.165) is 31.4 Å². The number of anilines is 1. The van der Waals surface area contributed by atoms with E-state index in [1.165, 1.54) is 6.07 Å². The van der Waals surface area contributed by atoms with Crippen molar-refractivity contribution in [3.8, 4) is 0 Å². The minimum Gasteiger partial charge on any atom is -0.478 e. The summed E-state index contributed by atoms with van der Waals surface area (Å²) in [5.41, 5.74) is 5.47. The Hall–Kier alpha value is -1.95. The fourth-order valence-electron chi connectivity index (χ4n) is 2.67. The molecule has 0 aromatic heterocycles. The maximum atomic E-state index is 13.3. The highest BCUT2D eigenvalue weighted by Gasteiger charge is 2.32. The van der Waals surface area contributed by atoms with Gasteiger partial charge in [0.15, 0.2) is 0 Å². The van der Waals surface area contributed by atoms with E-state index in [9.17, 15) is 14.0 Å². The van der Waals surface area contributed by atoms with Crippen LogP contribution in [0.25, 0.3) is 0 Å². The maximum absolute atomic E-state index is 13.3. The number of carbonyl (C=O) groups excluding carboxylic acids is 1. The summed E-state index contributed by atoms with van der Waals surface area (Å²) in [4.78, 5) is 23.0. The van der Waals surface area contributed by atoms with Crippen LogP contribution in [-0.2, 0) is 4.79 Å². The van der Waals surface area contributed by atoms with Crippen LogP contribution < -0.4 is 11.1 Å². The molecule has 20 heavy (non-hydrogen) atoms. The van der Waals surface area contributed by atoms with Crippen LogP contribution in [-0.4, -0.2) is 23.5 Å². The van der Waals surface area contributed by atoms with Crippen molar-refractivity contribution in [2.45, 2.75) is 19.3 Å². The summed E-state index contributed by atoms with van der Waals surface area (Å²) < 4.78 is 13.3. The molecule has 1 fully saturated rings. The number of aromatic carboxylic acids is 1. The Labute approximate surface area is 116 Å². The topological polar surface area (TPSA) is 92.4 Å². The van der Waals surface area contributed by atoms with E-state index < -0.39 is 17.3 Å². The van der Waals surface area contributed by atoms with Crippen LogP contribution in [0, 0.1) is 17.7 Å². The normalized spacial score (nSPS) is 21.7. The number of nitrogens with one attached hydrogen (secondary N) is 1. The predicted molar refractivity (Wildman–Crippen MR) is 71.9 cm³/mol. The van der Waals surface area contributed by atoms with Gasteiger partial charge >= 0.3 is 5.97 Å². The smallest absolute Gasteiger partial charge is 0.338 e. The Kier molecular flexibility index (Phi) is 4.34. The Morgan fingerprint density at radius 1 is 1.40 bits per heavy atom. The van der Waals surface area contributed by atoms with E-state index in [1.54, 1.807) is 0 Å². The molecule has 5 nitrogen and oxygen atoms in total. The number of carbonyl (C=O) groups is 2. The number of hydrogen-bond acceptors (Lipinski definition) is 3. The van der Waals surface area contributed by atoms with Gasteiger partial charge in [0, 0.05) is 11.6 Å². The lowest BCUT2D eigenvalue weighted by Crippen LogP contribution is -2.29. The van der Waals surface area contributed by atoms with E-state index in [1.807, 2.05) is 0 Å². The van der Waals surface area contributed by atoms with Crippen molar-refractivity contribution in [3.63, 3.8) is 0 Å². The van der Waals surface area contributed by atoms with Crippen LogP contribution in [0.3, 0.4) is 0 Å². The number of carboxylic acids is 1. The molecular formula is C14H17FN2O3. The van der Waals surface area contributed by atoms with Crippen molar-refractivity contribution in [1.82, 2.24) is 0 Å². The fraction of sp³-hybridized carbons (Fsp3) is 0.429. The summed E-state index contributed by atoms with van der Waals surface area (Å²) in [5, 5.41) is 11.5. The first-order valence-corrected chi connectivity index (χ1v) is 6.56. The third kappa shape index (κ3) is 2.96. The minimum atomic E-state index is -1.36. The molecule has 1 aliphatic rings. The number of halogens is 1. The van der Waals surface area contributed by atoms with Gasteiger partial charge in [0.1, 0.15) is 5.82 Å². The molecule has 0 saturated heterocycles. The molecule has 4 N–H and O–H groups in total. The second-order valence-electron chi connectivity index (χ2n) is 5.02. The van der Waals surface area contributed by atoms with Gasteiger partial charge in [0.05, 0.1) is 5.56 Å². The zero-order valence-electron chi connectivity index (χ0n) is 10.9. The highest BCUT2D eigenvalue weighted by atomic mass is 19.1. The fourth-order valence-corrected chi connectivity index (χ4v) is 2.67. The number of nitrogens with two attached hydrogens (primary N) is 1. The van der Waals surface area contributed by atoms with E-state index >= 15 is 0 Å². The molecule has 2 rings (SSSR count). The molecule has 0 bridgehead atoms. The number of rotatable bonds is 4. The number of benzene rings is 1. The van der Waals surface area contributed by atoms with Crippen LogP contribution >= 0.6 is 0 Å². The summed E-state index contributed by atoms with van der Waals surface area (Å²) >= 11 is 0. The van der Waals surface area contributed by atoms with Gasteiger partial charge < -0.3 is 16.2 Å². The Bertz CT molecular complexity index is 533. The van der Waals surface area contributed by atoms with Crippen LogP contribution in [0.4, 0.5) is 10.1 Å². The number of carboxylic acid groups (broad SMARTS) is 1. The first-order chi connectivity index (χ1) is 9.52. The molecule has 0 aliphatic heterocycles. The third-order valence-corrected chi connectivity index (χ3v) is 3.76. The minimum absolute atomic E-state index is 0.154. The zero-order valence-corrected chi connectivity index (χ0v) is 10.9. The largest absolute Gasteiger partial charge is 0.478 e. The quantitative estimate of drug-likeness (QED) is 0.784. The van der Waals surface area contributed by atoms with Gasteiger partial charge in [0.2, 0.25) is 5.91 Å². The van der Waals surface area contributed by atoms with Crippen molar-refractivity contribution >= 4 is 17.6 Å². The Morgan fingerprint density at radius 2 is 2.15 bits per heavy atom. The van der Waals surface area contributed by atoms with E-state index in [2.05, 4.69) is 5.32 Å². The summed E-state index contributed by atoms with van der Waals surface area (Å²) in [6, 6.07) is 3.52. The summed E-state index contributed by atoms with van der Waals surface area (Å²) in [6.45, 7) is 0.460. The van der Waals surface area contributed by atoms with Crippen molar-refractivity contribution in [2.75, 3.05) is 11.9 Å². The highest BCUT2D eigenvalue weighted by Crippen LogP contribution is 2.32. The lowest BCUT2D eigenvalue weighted by Gasteiger charge is -2.17. The van der Waals surface area contributed by atoms with Crippen molar-refractivity contribution in [1.29, 1.82) is 0 Å². The average molecular weight is 280 g/mol. The van der Waals surface area contributed by atoms with Crippen LogP contribution in [0.1, 0.15) is 29.6 Å². The molecule has 1 aromatic carbocycles. The molecule has 108 valence electrons. The van der Waals surface area contributed by atoms with E-state index in [0.29, 0.717) is 6.54 Å². The summed E-state index contributed by atoms with van der Waals surface area (Å²) in [7, 11) is 0. The number of hydrogen-bond donors (Lipinski definition) is 3. The van der Waals surface area contributed by atoms with Crippen molar-refractivity contribution < 1.29 is 19.1 Å². The monoisotopic (exact) mass is 280 g/mol. The van der Waals surface area contributed by atoms with Crippen LogP contribution in [0.2, 0.25) is 0 Å². The van der Waals surface area contributed by atoms with Gasteiger partial charge in [-0.05, 0) is 43.5 Å². The molecule has 1 aliphatic carbocycles. The Morgan fingerprint density at radius 3 is 2.80 bits per heavy atom. The molecule has 1 saturated carbocycles. The second-order valence-corrected chi connectivity index (χ2v) is 5.02. The van der Waals surface area contributed by atoms with Crippen molar-refractivity contribution in [2.24, 2.45) is 17.6 Å². The van der Waals surface area contributed by atoms with Gasteiger partial charge in [-0.3, -0.25) is 4.79 Å². The molecule has 2 atom stereocenters. The molecule has 6 heteroatoms. The third-order valence-electron chi connectivity index (χ3n) is 3.76. The van der Waals surface area contributed by atoms with E-state index in [-0.39, 0.29) is 23.4 Å². The number of amides is 1. The molecular weight excluding hydrogens is 263 g/mol. The van der Waals surface area contributed by atoms with Gasteiger partial charge in [0.25, 0.3) is 0 Å². The van der Waals surface area contributed by atoms with Gasteiger partial charge in [-0.2, -0.15) is 0 Å². The van der Waals surface area contributed by atoms with Crippen molar-refractivity contribution in [3.05, 3.63) is 29.6 Å². The maximum Gasteiger partial charge on any atom is 0.338 e.